The van der Waals surface area contributed by atoms with Crippen LogP contribution in [0.3, 0.4) is 0 Å². The van der Waals surface area contributed by atoms with Crippen molar-refractivity contribution >= 4 is 21.4 Å². The Kier molecular flexibility index (Phi) is 4.77. The third-order valence-corrected chi connectivity index (χ3v) is 7.90. The van der Waals surface area contributed by atoms with Gasteiger partial charge in [0.2, 0.25) is 0 Å². The third-order valence-electron chi connectivity index (χ3n) is 6.64. The lowest BCUT2D eigenvalue weighted by atomic mass is 9.91. The molecule has 166 valence electrons. The first-order valence-electron chi connectivity index (χ1n) is 11.8. The van der Waals surface area contributed by atoms with Crippen molar-refractivity contribution in [1.82, 2.24) is 19.9 Å². The van der Waals surface area contributed by atoms with Crippen LogP contribution in [0.1, 0.15) is 62.4 Å². The van der Waals surface area contributed by atoms with Gasteiger partial charge in [-0.05, 0) is 41.0 Å². The van der Waals surface area contributed by atoms with E-state index in [2.05, 4.69) is 85.1 Å². The summed E-state index contributed by atoms with van der Waals surface area (Å²) in [7, 11) is 0. The van der Waals surface area contributed by atoms with Gasteiger partial charge in [0, 0.05) is 32.7 Å². The molecule has 0 saturated carbocycles. The number of imidazole rings is 2. The molecule has 5 aromatic rings. The molecular formula is C28H28N4S. The molecule has 1 aliphatic rings. The fourth-order valence-electron chi connectivity index (χ4n) is 4.72. The third kappa shape index (κ3) is 3.42. The van der Waals surface area contributed by atoms with Crippen LogP contribution in [0.15, 0.2) is 48.7 Å². The average Bonchev–Trinajstić information content (AvgIpc) is 3.56. The zero-order chi connectivity index (χ0) is 22.7. The molecule has 0 radical (unpaired) electrons. The Hall–Kier alpha value is -3.18. The number of H-pyrrole nitrogens is 2. The van der Waals surface area contributed by atoms with Gasteiger partial charge < -0.3 is 9.97 Å². The summed E-state index contributed by atoms with van der Waals surface area (Å²) in [6.45, 7) is 8.70. The average molecular weight is 453 g/mol. The normalized spacial score (nSPS) is 13.2. The molecule has 6 rings (SSSR count). The molecule has 1 aliphatic carbocycles. The van der Waals surface area contributed by atoms with E-state index in [-0.39, 0.29) is 0 Å². The van der Waals surface area contributed by atoms with Gasteiger partial charge in [-0.3, -0.25) is 0 Å². The van der Waals surface area contributed by atoms with Gasteiger partial charge in [-0.1, -0.05) is 64.1 Å². The van der Waals surface area contributed by atoms with Gasteiger partial charge in [0.1, 0.15) is 11.6 Å². The summed E-state index contributed by atoms with van der Waals surface area (Å²) in [5.74, 6) is 2.94. The maximum Gasteiger partial charge on any atom is 0.109 e. The Bertz CT molecular complexity index is 1460. The van der Waals surface area contributed by atoms with E-state index in [1.54, 1.807) is 0 Å². The van der Waals surface area contributed by atoms with Crippen molar-refractivity contribution in [3.05, 3.63) is 71.6 Å². The lowest BCUT2D eigenvalue weighted by molar-refractivity contribution is 0.787. The molecule has 0 atom stereocenters. The standard InChI is InChI=1S/C28H28N4S/c1-15(2)27-29-14-23(31-27)17-5-7-18(8-6-17)24-13-19-9-10-20-21(26(19)33-24)11-12-22-25(20)32-28(30-22)16(3)4/h5-10,13-16H,11-12H2,1-4H3,(H,29,31)(H,30,32). The second kappa shape index (κ2) is 7.70. The van der Waals surface area contributed by atoms with E-state index in [9.17, 15) is 0 Å². The second-order valence-corrected chi connectivity index (χ2v) is 10.7. The van der Waals surface area contributed by atoms with Crippen LogP contribution in [-0.2, 0) is 12.8 Å². The number of hydrogen-bond acceptors (Lipinski definition) is 3. The minimum absolute atomic E-state index is 0.400. The highest BCUT2D eigenvalue weighted by atomic mass is 32.1. The van der Waals surface area contributed by atoms with E-state index < -0.39 is 0 Å². The van der Waals surface area contributed by atoms with Gasteiger partial charge >= 0.3 is 0 Å². The number of aryl methyl sites for hydroxylation is 2. The molecular weight excluding hydrogens is 424 g/mol. The second-order valence-electron chi connectivity index (χ2n) is 9.64. The summed E-state index contributed by atoms with van der Waals surface area (Å²) in [6, 6.07) is 15.7. The van der Waals surface area contributed by atoms with Crippen molar-refractivity contribution in [2.24, 2.45) is 0 Å². The first-order valence-corrected chi connectivity index (χ1v) is 12.6. The summed E-state index contributed by atoms with van der Waals surface area (Å²) < 4.78 is 1.40. The Morgan fingerprint density at radius 3 is 2.33 bits per heavy atom. The minimum Gasteiger partial charge on any atom is -0.345 e. The molecule has 0 saturated heterocycles. The summed E-state index contributed by atoms with van der Waals surface area (Å²) in [5, 5.41) is 1.33. The first-order chi connectivity index (χ1) is 16.0. The largest absolute Gasteiger partial charge is 0.345 e. The van der Waals surface area contributed by atoms with E-state index in [4.69, 9.17) is 4.98 Å². The summed E-state index contributed by atoms with van der Waals surface area (Å²) in [5.41, 5.74) is 8.70. The molecule has 0 spiro atoms. The Morgan fingerprint density at radius 2 is 1.61 bits per heavy atom. The van der Waals surface area contributed by atoms with Crippen LogP contribution >= 0.6 is 11.3 Å². The summed E-state index contributed by atoms with van der Waals surface area (Å²) in [4.78, 5) is 17.8. The molecule has 3 heterocycles. The highest BCUT2D eigenvalue weighted by molar-refractivity contribution is 7.22. The number of nitrogens with zero attached hydrogens (tertiary/aromatic N) is 2. The van der Waals surface area contributed by atoms with Gasteiger partial charge in [0.15, 0.2) is 0 Å². The molecule has 0 aliphatic heterocycles. The minimum atomic E-state index is 0.400. The van der Waals surface area contributed by atoms with E-state index in [1.165, 1.54) is 42.9 Å². The predicted octanol–water partition coefficient (Wildman–Crippen LogP) is 7.69. The zero-order valence-corrected chi connectivity index (χ0v) is 20.3. The lowest BCUT2D eigenvalue weighted by Crippen LogP contribution is -2.03. The first kappa shape index (κ1) is 20.4. The van der Waals surface area contributed by atoms with Crippen LogP contribution < -0.4 is 0 Å². The van der Waals surface area contributed by atoms with Gasteiger partial charge in [-0.25, -0.2) is 9.97 Å². The van der Waals surface area contributed by atoms with Gasteiger partial charge in [0.05, 0.1) is 17.6 Å². The van der Waals surface area contributed by atoms with Crippen LogP contribution in [0.4, 0.5) is 0 Å². The fourth-order valence-corrected chi connectivity index (χ4v) is 5.96. The number of fused-ring (bicyclic) bond motifs is 5. The molecule has 0 unspecified atom stereocenters. The number of hydrogen-bond donors (Lipinski definition) is 2. The number of benzene rings is 2. The van der Waals surface area contributed by atoms with Crippen LogP contribution in [0, 0.1) is 0 Å². The maximum atomic E-state index is 4.96. The molecule has 0 amide bonds. The fraction of sp³-hybridized carbons (Fsp3) is 0.286. The SMILES string of the molecule is CC(C)c1ncc(-c2ccc(-c3cc4ccc5c(c4s3)CCc3[nH]c(C(C)C)nc3-5)cc2)[nH]1. The van der Waals surface area contributed by atoms with Gasteiger partial charge in [-0.15, -0.1) is 11.3 Å². The number of aromatic nitrogens is 4. The van der Waals surface area contributed by atoms with Gasteiger partial charge in [-0.2, -0.15) is 0 Å². The Labute approximate surface area is 198 Å². The highest BCUT2D eigenvalue weighted by Gasteiger charge is 2.23. The molecule has 2 N–H and O–H groups in total. The van der Waals surface area contributed by atoms with E-state index in [0.29, 0.717) is 11.8 Å². The number of aromatic amines is 2. The van der Waals surface area contributed by atoms with Crippen molar-refractivity contribution in [3.8, 4) is 33.0 Å². The smallest absolute Gasteiger partial charge is 0.109 e. The highest BCUT2D eigenvalue weighted by Crippen LogP contribution is 2.42. The Balaban J connectivity index is 1.36. The van der Waals surface area contributed by atoms with E-state index in [0.717, 1.165) is 35.9 Å². The van der Waals surface area contributed by atoms with Crippen LogP contribution in [0.2, 0.25) is 0 Å². The molecule has 33 heavy (non-hydrogen) atoms. The number of nitrogens with one attached hydrogen (secondary N) is 2. The van der Waals surface area contributed by atoms with Gasteiger partial charge in [0.25, 0.3) is 0 Å². The van der Waals surface area contributed by atoms with Crippen molar-refractivity contribution < 1.29 is 0 Å². The summed E-state index contributed by atoms with van der Waals surface area (Å²) in [6.07, 6.45) is 4.03. The molecule has 0 bridgehead atoms. The number of rotatable bonds is 4. The van der Waals surface area contributed by atoms with Crippen molar-refractivity contribution in [3.63, 3.8) is 0 Å². The zero-order valence-electron chi connectivity index (χ0n) is 19.5. The van der Waals surface area contributed by atoms with Crippen LogP contribution in [0.25, 0.3) is 43.0 Å². The summed E-state index contributed by atoms with van der Waals surface area (Å²) >= 11 is 1.90. The van der Waals surface area contributed by atoms with E-state index in [1.807, 2.05) is 17.5 Å². The number of thiophene rings is 1. The molecule has 3 aromatic heterocycles. The van der Waals surface area contributed by atoms with Crippen molar-refractivity contribution in [2.45, 2.75) is 52.4 Å². The van der Waals surface area contributed by atoms with Crippen LogP contribution in [-0.4, -0.2) is 19.9 Å². The maximum absolute atomic E-state index is 4.96. The molecule has 4 nitrogen and oxygen atoms in total. The monoisotopic (exact) mass is 452 g/mol. The molecule has 5 heteroatoms. The predicted molar refractivity (Wildman–Crippen MR) is 138 cm³/mol. The Morgan fingerprint density at radius 1 is 0.848 bits per heavy atom. The molecule has 0 fully saturated rings. The molecule has 2 aromatic carbocycles. The lowest BCUT2D eigenvalue weighted by Gasteiger charge is -2.15. The van der Waals surface area contributed by atoms with E-state index >= 15 is 0 Å². The van der Waals surface area contributed by atoms with Crippen molar-refractivity contribution in [2.75, 3.05) is 0 Å². The quantitative estimate of drug-likeness (QED) is 0.293. The van der Waals surface area contributed by atoms with Crippen molar-refractivity contribution in [1.29, 1.82) is 0 Å². The topological polar surface area (TPSA) is 57.4 Å². The van der Waals surface area contributed by atoms with Crippen LogP contribution in [0.5, 0.6) is 0 Å².